The molecule has 0 amide bonds. The van der Waals surface area contributed by atoms with Crippen LogP contribution in [-0.4, -0.2) is 61.3 Å². The van der Waals surface area contributed by atoms with Crippen LogP contribution in [0.4, 0.5) is 5.69 Å². The number of hydrogen-bond donors (Lipinski definition) is 1. The van der Waals surface area contributed by atoms with Gasteiger partial charge in [-0.3, -0.25) is 14.5 Å². The second kappa shape index (κ2) is 7.96. The Morgan fingerprint density at radius 3 is 2.37 bits per heavy atom. The van der Waals surface area contributed by atoms with Crippen molar-refractivity contribution in [1.29, 1.82) is 0 Å². The van der Waals surface area contributed by atoms with Gasteiger partial charge in [-0.25, -0.2) is 0 Å². The fourth-order valence-corrected chi connectivity index (χ4v) is 3.88. The van der Waals surface area contributed by atoms with Gasteiger partial charge in [-0.15, -0.1) is 0 Å². The molecule has 1 N–H and O–H groups in total. The van der Waals surface area contributed by atoms with Crippen LogP contribution in [0, 0.1) is 13.8 Å². The highest BCUT2D eigenvalue weighted by molar-refractivity contribution is 6.03. The van der Waals surface area contributed by atoms with Crippen LogP contribution in [0.2, 0.25) is 0 Å². The fraction of sp³-hybridized carbons (Fsp3) is 0.429. The van der Waals surface area contributed by atoms with Gasteiger partial charge >= 0.3 is 0 Å². The van der Waals surface area contributed by atoms with E-state index in [1.54, 1.807) is 7.11 Å². The first-order chi connectivity index (χ1) is 12.9. The van der Waals surface area contributed by atoms with Crippen molar-refractivity contribution in [3.8, 4) is 5.75 Å². The molecule has 0 atom stereocenters. The maximum absolute atomic E-state index is 12.8. The number of benzene rings is 1. The summed E-state index contributed by atoms with van der Waals surface area (Å²) in [6.07, 6.45) is 0. The molecule has 0 saturated carbocycles. The number of para-hydroxylation sites is 2. The summed E-state index contributed by atoms with van der Waals surface area (Å²) < 4.78 is 5.45. The number of ketones is 2. The van der Waals surface area contributed by atoms with Crippen molar-refractivity contribution in [2.75, 3.05) is 44.7 Å². The number of aromatic amines is 1. The first kappa shape index (κ1) is 19.2. The number of Topliss-reactive ketones (excluding diaryl/α,β-unsaturated/α-hetero) is 2. The van der Waals surface area contributed by atoms with Gasteiger partial charge in [0.15, 0.2) is 11.6 Å². The molecular weight excluding hydrogens is 342 g/mol. The van der Waals surface area contributed by atoms with Gasteiger partial charge in [0.25, 0.3) is 0 Å². The topological polar surface area (TPSA) is 65.6 Å². The molecule has 144 valence electrons. The minimum Gasteiger partial charge on any atom is -0.495 e. The Kier molecular flexibility index (Phi) is 5.65. The van der Waals surface area contributed by atoms with Gasteiger partial charge in [-0.1, -0.05) is 12.1 Å². The molecule has 1 aromatic carbocycles. The van der Waals surface area contributed by atoms with E-state index in [2.05, 4.69) is 20.9 Å². The number of hydrogen-bond acceptors (Lipinski definition) is 5. The number of aromatic nitrogens is 1. The monoisotopic (exact) mass is 369 g/mol. The first-order valence-electron chi connectivity index (χ1n) is 9.26. The minimum absolute atomic E-state index is 0.00859. The molecule has 1 aromatic heterocycles. The molecule has 6 heteroatoms. The summed E-state index contributed by atoms with van der Waals surface area (Å²) in [5.41, 5.74) is 3.82. The zero-order chi connectivity index (χ0) is 19.6. The van der Waals surface area contributed by atoms with Crippen LogP contribution < -0.4 is 9.64 Å². The van der Waals surface area contributed by atoms with E-state index in [4.69, 9.17) is 4.74 Å². The molecule has 0 radical (unpaired) electrons. The number of aryl methyl sites for hydroxylation is 1. The number of piperazine rings is 1. The normalized spacial score (nSPS) is 15.0. The van der Waals surface area contributed by atoms with E-state index in [1.807, 2.05) is 32.0 Å². The van der Waals surface area contributed by atoms with Crippen LogP contribution in [0.1, 0.15) is 39.0 Å². The molecule has 1 aliphatic rings. The second-order valence-corrected chi connectivity index (χ2v) is 7.04. The molecule has 27 heavy (non-hydrogen) atoms. The third-order valence-corrected chi connectivity index (χ3v) is 5.23. The van der Waals surface area contributed by atoms with Crippen LogP contribution in [0.25, 0.3) is 0 Å². The molecule has 1 saturated heterocycles. The Morgan fingerprint density at radius 1 is 1.11 bits per heavy atom. The maximum atomic E-state index is 12.8. The summed E-state index contributed by atoms with van der Waals surface area (Å²) in [5, 5.41) is 0. The third-order valence-electron chi connectivity index (χ3n) is 5.23. The lowest BCUT2D eigenvalue weighted by Crippen LogP contribution is -2.48. The quantitative estimate of drug-likeness (QED) is 0.793. The molecule has 0 aliphatic carbocycles. The number of nitrogens with one attached hydrogen (secondary N) is 1. The van der Waals surface area contributed by atoms with Gasteiger partial charge in [0.1, 0.15) is 5.75 Å². The van der Waals surface area contributed by atoms with Crippen LogP contribution in [0.5, 0.6) is 5.75 Å². The lowest BCUT2D eigenvalue weighted by molar-refractivity contribution is 0.0921. The largest absolute Gasteiger partial charge is 0.495 e. The average Bonchev–Trinajstić information content (AvgIpc) is 2.96. The van der Waals surface area contributed by atoms with Gasteiger partial charge in [-0.05, 0) is 38.5 Å². The summed E-state index contributed by atoms with van der Waals surface area (Å²) in [6.45, 7) is 8.88. The Balaban J connectivity index is 1.63. The number of anilines is 1. The van der Waals surface area contributed by atoms with Crippen LogP contribution in [-0.2, 0) is 0 Å². The van der Waals surface area contributed by atoms with Crippen molar-refractivity contribution < 1.29 is 14.3 Å². The highest BCUT2D eigenvalue weighted by Gasteiger charge is 2.24. The number of H-pyrrole nitrogens is 1. The van der Waals surface area contributed by atoms with Crippen molar-refractivity contribution in [2.24, 2.45) is 0 Å². The van der Waals surface area contributed by atoms with E-state index >= 15 is 0 Å². The van der Waals surface area contributed by atoms with Crippen LogP contribution >= 0.6 is 0 Å². The summed E-state index contributed by atoms with van der Waals surface area (Å²) in [4.78, 5) is 32.1. The van der Waals surface area contributed by atoms with Gasteiger partial charge in [0, 0.05) is 37.4 Å². The standard InChI is InChI=1S/C21H27N3O3/c1-14-20(16(3)25)15(2)22-21(14)18(26)13-23-9-11-24(12-10-23)17-7-5-6-8-19(17)27-4/h5-8,22H,9-13H2,1-4H3. The highest BCUT2D eigenvalue weighted by atomic mass is 16.5. The van der Waals surface area contributed by atoms with Gasteiger partial charge in [-0.2, -0.15) is 0 Å². The van der Waals surface area contributed by atoms with E-state index in [0.29, 0.717) is 17.8 Å². The SMILES string of the molecule is COc1ccccc1N1CCN(CC(=O)c2[nH]c(C)c(C(C)=O)c2C)CC1. The Hall–Kier alpha value is -2.60. The van der Waals surface area contributed by atoms with Gasteiger partial charge in [0.2, 0.25) is 0 Å². The number of carbonyl (C=O) groups excluding carboxylic acids is 2. The molecule has 6 nitrogen and oxygen atoms in total. The van der Waals surface area contributed by atoms with Gasteiger partial charge in [0.05, 0.1) is 25.0 Å². The van der Waals surface area contributed by atoms with E-state index < -0.39 is 0 Å². The van der Waals surface area contributed by atoms with E-state index in [-0.39, 0.29) is 11.6 Å². The molecule has 0 bridgehead atoms. The van der Waals surface area contributed by atoms with Gasteiger partial charge < -0.3 is 14.6 Å². The zero-order valence-electron chi connectivity index (χ0n) is 16.5. The molecular formula is C21H27N3O3. The predicted molar refractivity (Wildman–Crippen MR) is 106 cm³/mol. The van der Waals surface area contributed by atoms with Crippen molar-refractivity contribution in [3.63, 3.8) is 0 Å². The molecule has 3 rings (SSSR count). The zero-order valence-corrected chi connectivity index (χ0v) is 16.5. The predicted octanol–water partition coefficient (Wildman–Crippen LogP) is 2.85. The third kappa shape index (κ3) is 3.90. The molecule has 1 aliphatic heterocycles. The minimum atomic E-state index is -0.00859. The summed E-state index contributed by atoms with van der Waals surface area (Å²) in [5.74, 6) is 0.899. The summed E-state index contributed by atoms with van der Waals surface area (Å²) in [7, 11) is 1.68. The number of rotatable bonds is 6. The molecule has 2 heterocycles. The van der Waals surface area contributed by atoms with Crippen molar-refractivity contribution >= 4 is 17.3 Å². The lowest BCUT2D eigenvalue weighted by atomic mass is 10.1. The number of nitrogens with zero attached hydrogens (tertiary/aromatic N) is 2. The summed E-state index contributed by atoms with van der Waals surface area (Å²) in [6, 6.07) is 8.01. The van der Waals surface area contributed by atoms with Crippen molar-refractivity contribution in [2.45, 2.75) is 20.8 Å². The molecule has 2 aromatic rings. The molecule has 1 fully saturated rings. The van der Waals surface area contributed by atoms with Crippen LogP contribution in [0.3, 0.4) is 0 Å². The smallest absolute Gasteiger partial charge is 0.193 e. The molecule has 0 unspecified atom stereocenters. The second-order valence-electron chi connectivity index (χ2n) is 7.04. The Bertz CT molecular complexity index is 848. The maximum Gasteiger partial charge on any atom is 0.193 e. The Morgan fingerprint density at radius 2 is 1.78 bits per heavy atom. The van der Waals surface area contributed by atoms with E-state index in [9.17, 15) is 9.59 Å². The van der Waals surface area contributed by atoms with Crippen molar-refractivity contribution in [1.82, 2.24) is 9.88 Å². The number of carbonyl (C=O) groups is 2. The van der Waals surface area contributed by atoms with E-state index in [0.717, 1.165) is 48.9 Å². The number of ether oxygens (including phenoxy) is 1. The lowest BCUT2D eigenvalue weighted by Gasteiger charge is -2.36. The van der Waals surface area contributed by atoms with E-state index in [1.165, 1.54) is 6.92 Å². The highest BCUT2D eigenvalue weighted by Crippen LogP contribution is 2.28. The summed E-state index contributed by atoms with van der Waals surface area (Å²) >= 11 is 0. The first-order valence-corrected chi connectivity index (χ1v) is 9.26. The fourth-order valence-electron chi connectivity index (χ4n) is 3.88. The molecule has 0 spiro atoms. The number of methoxy groups -OCH3 is 1. The Labute approximate surface area is 160 Å². The van der Waals surface area contributed by atoms with Crippen LogP contribution in [0.15, 0.2) is 24.3 Å². The average molecular weight is 369 g/mol. The van der Waals surface area contributed by atoms with Crippen molar-refractivity contribution in [3.05, 3.63) is 46.8 Å².